The van der Waals surface area contributed by atoms with Gasteiger partial charge in [0, 0.05) is 11.8 Å². The van der Waals surface area contributed by atoms with Gasteiger partial charge in [0.25, 0.3) is 5.56 Å². The van der Waals surface area contributed by atoms with Crippen molar-refractivity contribution in [3.05, 3.63) is 39.6 Å². The second kappa shape index (κ2) is 4.68. The number of nitrogens with zero attached hydrogens (tertiary/aromatic N) is 1. The van der Waals surface area contributed by atoms with E-state index in [4.69, 9.17) is 23.1 Å². The first-order valence-corrected chi connectivity index (χ1v) is 5.84. The molecule has 0 saturated heterocycles. The molecule has 5 nitrogen and oxygen atoms in total. The topological polar surface area (TPSA) is 97.8 Å². The monoisotopic (exact) mass is 268 g/mol. The largest absolute Gasteiger partial charge is 0.398 e. The van der Waals surface area contributed by atoms with E-state index in [1.54, 1.807) is 18.2 Å². The molecule has 0 bridgehead atoms. The molecule has 0 atom stereocenters. The van der Waals surface area contributed by atoms with Gasteiger partial charge in [0.05, 0.1) is 9.92 Å². The number of halogens is 1. The van der Waals surface area contributed by atoms with Crippen LogP contribution in [0.5, 0.6) is 0 Å². The highest BCUT2D eigenvalue weighted by Gasteiger charge is 2.08. The molecule has 2 aromatic rings. The quantitative estimate of drug-likeness (QED) is 0.569. The second-order valence-electron chi connectivity index (χ2n) is 3.24. The predicted molar refractivity (Wildman–Crippen MR) is 69.3 cm³/mol. The number of nitrogens with two attached hydrogens (primary N) is 2. The Labute approximate surface area is 106 Å². The van der Waals surface area contributed by atoms with Gasteiger partial charge in [0.15, 0.2) is 5.16 Å². The average molecular weight is 269 g/mol. The van der Waals surface area contributed by atoms with Gasteiger partial charge in [0.2, 0.25) is 0 Å². The van der Waals surface area contributed by atoms with Crippen LogP contribution in [0.4, 0.5) is 11.5 Å². The summed E-state index contributed by atoms with van der Waals surface area (Å²) in [6.07, 6.45) is 0. The van der Waals surface area contributed by atoms with E-state index < -0.39 is 0 Å². The molecule has 0 unspecified atom stereocenters. The maximum absolute atomic E-state index is 11.2. The Morgan fingerprint density at radius 1 is 1.35 bits per heavy atom. The molecule has 0 amide bonds. The van der Waals surface area contributed by atoms with Crippen molar-refractivity contribution >= 4 is 34.9 Å². The van der Waals surface area contributed by atoms with Crippen LogP contribution in [0.25, 0.3) is 0 Å². The zero-order valence-electron chi connectivity index (χ0n) is 8.61. The van der Waals surface area contributed by atoms with Crippen LogP contribution in [-0.2, 0) is 0 Å². The molecule has 1 aromatic carbocycles. The molecule has 0 radical (unpaired) electrons. The van der Waals surface area contributed by atoms with Gasteiger partial charge in [-0.05, 0) is 23.9 Å². The maximum atomic E-state index is 11.2. The van der Waals surface area contributed by atoms with E-state index in [1.807, 2.05) is 0 Å². The Balaban J connectivity index is 2.41. The molecule has 0 aliphatic carbocycles. The minimum atomic E-state index is -0.314. The van der Waals surface area contributed by atoms with Gasteiger partial charge in [-0.15, -0.1) is 0 Å². The van der Waals surface area contributed by atoms with Crippen LogP contribution in [0, 0.1) is 0 Å². The standard InChI is InChI=1S/C10H9ClN4OS/c11-5-2-1-3-6(12)9(5)17-10-14-7(13)4-8(16)15-10/h1-4H,12H2,(H3,13,14,15,16). The predicted octanol–water partition coefficient (Wildman–Crippen LogP) is 1.74. The number of rotatable bonds is 2. The van der Waals surface area contributed by atoms with E-state index in [0.29, 0.717) is 20.8 Å². The number of benzene rings is 1. The van der Waals surface area contributed by atoms with Crippen molar-refractivity contribution in [1.29, 1.82) is 0 Å². The van der Waals surface area contributed by atoms with E-state index in [0.717, 1.165) is 0 Å². The summed E-state index contributed by atoms with van der Waals surface area (Å²) in [6.45, 7) is 0. The lowest BCUT2D eigenvalue weighted by molar-refractivity contribution is 0.945. The molecule has 1 heterocycles. The highest BCUT2D eigenvalue weighted by atomic mass is 35.5. The molecular formula is C10H9ClN4OS. The molecule has 0 aliphatic heterocycles. The van der Waals surface area contributed by atoms with E-state index in [1.165, 1.54) is 17.8 Å². The molecule has 0 fully saturated rings. The van der Waals surface area contributed by atoms with Crippen LogP contribution < -0.4 is 17.0 Å². The van der Waals surface area contributed by atoms with Crippen LogP contribution in [0.15, 0.2) is 39.1 Å². The summed E-state index contributed by atoms with van der Waals surface area (Å²) < 4.78 is 0. The van der Waals surface area contributed by atoms with Crippen LogP contribution in [-0.4, -0.2) is 9.97 Å². The molecule has 0 saturated carbocycles. The summed E-state index contributed by atoms with van der Waals surface area (Å²) in [5, 5.41) is 0.856. The smallest absolute Gasteiger partial charge is 0.253 e. The number of aromatic amines is 1. The van der Waals surface area contributed by atoms with E-state index in [2.05, 4.69) is 9.97 Å². The normalized spacial score (nSPS) is 10.4. The number of nitrogen functional groups attached to an aromatic ring is 2. The van der Waals surface area contributed by atoms with Gasteiger partial charge in [-0.3, -0.25) is 4.79 Å². The molecule has 7 heteroatoms. The van der Waals surface area contributed by atoms with E-state index >= 15 is 0 Å². The SMILES string of the molecule is Nc1cc(=O)[nH]c(Sc2c(N)cccc2Cl)n1. The number of H-pyrrole nitrogens is 1. The number of hydrogen-bond acceptors (Lipinski definition) is 5. The van der Waals surface area contributed by atoms with Crippen molar-refractivity contribution < 1.29 is 0 Å². The molecule has 0 aliphatic rings. The van der Waals surface area contributed by atoms with Gasteiger partial charge in [0.1, 0.15) is 5.82 Å². The van der Waals surface area contributed by atoms with Crippen LogP contribution in [0.1, 0.15) is 0 Å². The zero-order chi connectivity index (χ0) is 12.4. The average Bonchev–Trinajstić information content (AvgIpc) is 2.22. The molecule has 2 rings (SSSR count). The summed E-state index contributed by atoms with van der Waals surface area (Å²) in [5.74, 6) is 0.155. The lowest BCUT2D eigenvalue weighted by atomic mass is 10.3. The fourth-order valence-corrected chi connectivity index (χ4v) is 2.38. The van der Waals surface area contributed by atoms with Gasteiger partial charge in [-0.2, -0.15) is 0 Å². The molecule has 17 heavy (non-hydrogen) atoms. The van der Waals surface area contributed by atoms with Crippen LogP contribution in [0.2, 0.25) is 5.02 Å². The summed E-state index contributed by atoms with van der Waals surface area (Å²) in [5.41, 5.74) is 11.5. The first-order valence-electron chi connectivity index (χ1n) is 4.65. The van der Waals surface area contributed by atoms with Gasteiger partial charge in [-0.25, -0.2) is 4.98 Å². The number of hydrogen-bond donors (Lipinski definition) is 3. The third kappa shape index (κ3) is 2.72. The van der Waals surface area contributed by atoms with Crippen molar-refractivity contribution in [2.75, 3.05) is 11.5 Å². The Morgan fingerprint density at radius 3 is 2.76 bits per heavy atom. The van der Waals surface area contributed by atoms with Crippen molar-refractivity contribution in [2.45, 2.75) is 10.1 Å². The third-order valence-corrected chi connectivity index (χ3v) is 3.41. The lowest BCUT2D eigenvalue weighted by Crippen LogP contribution is -2.09. The van der Waals surface area contributed by atoms with Crippen molar-refractivity contribution in [3.8, 4) is 0 Å². The van der Waals surface area contributed by atoms with Crippen molar-refractivity contribution in [1.82, 2.24) is 9.97 Å². The zero-order valence-corrected chi connectivity index (χ0v) is 10.2. The molecule has 88 valence electrons. The third-order valence-electron chi connectivity index (χ3n) is 1.94. The van der Waals surface area contributed by atoms with E-state index in [9.17, 15) is 4.79 Å². The molecule has 5 N–H and O–H groups in total. The Hall–Kier alpha value is -1.66. The van der Waals surface area contributed by atoms with Gasteiger partial charge >= 0.3 is 0 Å². The first kappa shape index (κ1) is 11.8. The maximum Gasteiger partial charge on any atom is 0.253 e. The van der Waals surface area contributed by atoms with E-state index in [-0.39, 0.29) is 11.4 Å². The second-order valence-corrected chi connectivity index (χ2v) is 4.64. The van der Waals surface area contributed by atoms with Crippen LogP contribution >= 0.6 is 23.4 Å². The number of aromatic nitrogens is 2. The minimum Gasteiger partial charge on any atom is -0.398 e. The Morgan fingerprint density at radius 2 is 2.12 bits per heavy atom. The molecule has 1 aromatic heterocycles. The Bertz CT molecular complexity index is 593. The number of nitrogens with one attached hydrogen (secondary N) is 1. The van der Waals surface area contributed by atoms with Gasteiger partial charge < -0.3 is 16.5 Å². The van der Waals surface area contributed by atoms with Gasteiger partial charge in [-0.1, -0.05) is 17.7 Å². The van der Waals surface area contributed by atoms with Crippen LogP contribution in [0.3, 0.4) is 0 Å². The van der Waals surface area contributed by atoms with Crippen molar-refractivity contribution in [2.24, 2.45) is 0 Å². The Kier molecular flexibility index (Phi) is 3.26. The number of anilines is 2. The highest BCUT2D eigenvalue weighted by Crippen LogP contribution is 2.35. The van der Waals surface area contributed by atoms with Crippen molar-refractivity contribution in [3.63, 3.8) is 0 Å². The fraction of sp³-hybridized carbons (Fsp3) is 0. The molecular weight excluding hydrogens is 260 g/mol. The lowest BCUT2D eigenvalue weighted by Gasteiger charge is -2.06. The summed E-state index contributed by atoms with van der Waals surface area (Å²) in [4.78, 5) is 18.4. The summed E-state index contributed by atoms with van der Waals surface area (Å²) >= 11 is 7.17. The first-order chi connectivity index (χ1) is 8.06. The fourth-order valence-electron chi connectivity index (χ4n) is 1.23. The highest BCUT2D eigenvalue weighted by molar-refractivity contribution is 7.99. The summed E-state index contributed by atoms with van der Waals surface area (Å²) in [7, 11) is 0. The molecule has 0 spiro atoms. The minimum absolute atomic E-state index is 0.155. The summed E-state index contributed by atoms with van der Waals surface area (Å²) in [6, 6.07) is 6.39.